The third kappa shape index (κ3) is 1.36. The van der Waals surface area contributed by atoms with Gasteiger partial charge in [0, 0.05) is 29.7 Å². The van der Waals surface area contributed by atoms with E-state index in [0.29, 0.717) is 17.9 Å². The van der Waals surface area contributed by atoms with Gasteiger partial charge in [-0.2, -0.15) is 9.61 Å². The van der Waals surface area contributed by atoms with Crippen LogP contribution in [0, 0.1) is 0 Å². The van der Waals surface area contributed by atoms with Crippen LogP contribution in [0.25, 0.3) is 5.65 Å². The average Bonchev–Trinajstić information content (AvgIpc) is 3.01. The number of amides is 1. The van der Waals surface area contributed by atoms with Crippen LogP contribution in [-0.2, 0) is 6.54 Å². The van der Waals surface area contributed by atoms with Gasteiger partial charge in [0.15, 0.2) is 11.5 Å². The molecule has 3 aromatic rings. The summed E-state index contributed by atoms with van der Waals surface area (Å²) < 4.78 is 1.66. The van der Waals surface area contributed by atoms with Crippen LogP contribution in [0.1, 0.15) is 15.9 Å². The summed E-state index contributed by atoms with van der Waals surface area (Å²) in [5.74, 6) is 0.640. The number of rotatable bonds is 1. The van der Waals surface area contributed by atoms with Crippen LogP contribution in [0.5, 0.6) is 0 Å². The van der Waals surface area contributed by atoms with Gasteiger partial charge in [0.1, 0.15) is 0 Å². The Kier molecular flexibility index (Phi) is 1.94. The van der Waals surface area contributed by atoms with Gasteiger partial charge in [0.05, 0.1) is 12.7 Å². The zero-order chi connectivity index (χ0) is 12.8. The molecule has 1 amide bonds. The van der Waals surface area contributed by atoms with Crippen molar-refractivity contribution < 1.29 is 4.79 Å². The van der Waals surface area contributed by atoms with Crippen LogP contribution in [-0.4, -0.2) is 25.5 Å². The molecule has 1 aliphatic rings. The molecule has 92 valence electrons. The predicted octanol–water partition coefficient (Wildman–Crippen LogP) is 1.28. The van der Waals surface area contributed by atoms with Crippen molar-refractivity contribution in [2.45, 2.75) is 6.54 Å². The maximum Gasteiger partial charge on any atom is 0.260 e. The molecule has 0 unspecified atom stereocenters. The second-order valence-corrected chi connectivity index (χ2v) is 4.33. The van der Waals surface area contributed by atoms with Crippen LogP contribution < -0.4 is 4.90 Å². The van der Waals surface area contributed by atoms with Crippen LogP contribution >= 0.6 is 0 Å². The Morgan fingerprint density at radius 2 is 2.11 bits per heavy atom. The lowest BCUT2D eigenvalue weighted by atomic mass is 10.2. The Labute approximate surface area is 108 Å². The minimum absolute atomic E-state index is 0.0372. The van der Waals surface area contributed by atoms with E-state index in [0.717, 1.165) is 11.2 Å². The highest BCUT2D eigenvalue weighted by atomic mass is 16.2. The van der Waals surface area contributed by atoms with Gasteiger partial charge in [0.2, 0.25) is 0 Å². The number of hydrogen-bond acceptors (Lipinski definition) is 4. The molecular formula is C13H9N5O. The van der Waals surface area contributed by atoms with Gasteiger partial charge < -0.3 is 0 Å². The van der Waals surface area contributed by atoms with E-state index in [1.807, 2.05) is 12.1 Å². The smallest absolute Gasteiger partial charge is 0.260 e. The highest BCUT2D eigenvalue weighted by Crippen LogP contribution is 2.27. The van der Waals surface area contributed by atoms with Gasteiger partial charge in [0.25, 0.3) is 5.91 Å². The molecule has 6 heteroatoms. The molecule has 0 radical (unpaired) electrons. The molecule has 0 atom stereocenters. The Balaban J connectivity index is 1.85. The number of hydrogen-bond donors (Lipinski definition) is 0. The first kappa shape index (κ1) is 10.2. The molecule has 0 N–H and O–H groups in total. The Morgan fingerprint density at radius 3 is 3.00 bits per heavy atom. The number of carbonyl (C=O) groups is 1. The maximum atomic E-state index is 12.4. The van der Waals surface area contributed by atoms with E-state index in [1.165, 1.54) is 0 Å². The van der Waals surface area contributed by atoms with E-state index in [4.69, 9.17) is 0 Å². The van der Waals surface area contributed by atoms with Crippen molar-refractivity contribution in [2.24, 2.45) is 0 Å². The number of aromatic nitrogens is 4. The summed E-state index contributed by atoms with van der Waals surface area (Å²) in [6.45, 7) is 0.506. The zero-order valence-electron chi connectivity index (χ0n) is 9.89. The van der Waals surface area contributed by atoms with Gasteiger partial charge >= 0.3 is 0 Å². The number of fused-ring (bicyclic) bond motifs is 2. The molecule has 6 nitrogen and oxygen atoms in total. The minimum Gasteiger partial charge on any atom is -0.287 e. The van der Waals surface area contributed by atoms with Gasteiger partial charge in [-0.1, -0.05) is 0 Å². The standard InChI is InChI=1S/C13H9N5O/c19-13-10-3-5-14-6-9(10)8-17(13)12-7-15-11-2-1-4-16-18(11)12/h1-7H,8H2. The summed E-state index contributed by atoms with van der Waals surface area (Å²) >= 11 is 0. The van der Waals surface area contributed by atoms with Gasteiger partial charge in [-0.05, 0) is 18.2 Å². The molecule has 4 heterocycles. The van der Waals surface area contributed by atoms with E-state index in [-0.39, 0.29) is 5.91 Å². The number of carbonyl (C=O) groups excluding carboxylic acids is 1. The summed E-state index contributed by atoms with van der Waals surface area (Å²) in [5, 5.41) is 4.23. The third-order valence-corrected chi connectivity index (χ3v) is 3.24. The van der Waals surface area contributed by atoms with E-state index in [2.05, 4.69) is 15.1 Å². The fraction of sp³-hybridized carbons (Fsp3) is 0.0769. The topological polar surface area (TPSA) is 63.4 Å². The molecule has 19 heavy (non-hydrogen) atoms. The summed E-state index contributed by atoms with van der Waals surface area (Å²) in [7, 11) is 0. The normalized spacial score (nSPS) is 14.1. The fourth-order valence-electron chi connectivity index (χ4n) is 2.34. The van der Waals surface area contributed by atoms with Gasteiger partial charge in [-0.15, -0.1) is 0 Å². The summed E-state index contributed by atoms with van der Waals surface area (Å²) in [6.07, 6.45) is 6.70. The molecule has 0 fully saturated rings. The first-order valence-electron chi connectivity index (χ1n) is 5.88. The maximum absolute atomic E-state index is 12.4. The average molecular weight is 251 g/mol. The molecule has 0 aromatic carbocycles. The van der Waals surface area contributed by atoms with Crippen molar-refractivity contribution in [3.63, 3.8) is 0 Å². The third-order valence-electron chi connectivity index (χ3n) is 3.24. The molecule has 3 aromatic heterocycles. The molecule has 0 bridgehead atoms. The second kappa shape index (κ2) is 3.61. The van der Waals surface area contributed by atoms with E-state index >= 15 is 0 Å². The Hall–Kier alpha value is -2.76. The minimum atomic E-state index is -0.0372. The molecule has 0 saturated carbocycles. The van der Waals surface area contributed by atoms with Crippen LogP contribution in [0.4, 0.5) is 5.82 Å². The SMILES string of the molecule is O=C1c2ccncc2CN1c1cnc2cccnn12. The Bertz CT molecular complexity index is 794. The molecular weight excluding hydrogens is 242 g/mol. The number of anilines is 1. The highest BCUT2D eigenvalue weighted by Gasteiger charge is 2.30. The molecule has 1 aliphatic heterocycles. The molecule has 0 saturated heterocycles. The number of imidazole rings is 1. The summed E-state index contributed by atoms with van der Waals surface area (Å²) in [5.41, 5.74) is 2.35. The monoisotopic (exact) mass is 251 g/mol. The summed E-state index contributed by atoms with van der Waals surface area (Å²) in [6, 6.07) is 5.41. The molecule has 0 aliphatic carbocycles. The first-order chi connectivity index (χ1) is 9.34. The van der Waals surface area contributed by atoms with Crippen molar-refractivity contribution >= 4 is 17.4 Å². The Morgan fingerprint density at radius 1 is 1.16 bits per heavy atom. The zero-order valence-corrected chi connectivity index (χ0v) is 9.89. The first-order valence-corrected chi connectivity index (χ1v) is 5.88. The number of pyridine rings is 1. The van der Waals surface area contributed by atoms with Gasteiger partial charge in [-0.3, -0.25) is 14.7 Å². The highest BCUT2D eigenvalue weighted by molar-refractivity contribution is 6.09. The summed E-state index contributed by atoms with van der Waals surface area (Å²) in [4.78, 5) is 22.3. The van der Waals surface area contributed by atoms with E-state index < -0.39 is 0 Å². The lowest BCUT2D eigenvalue weighted by molar-refractivity contribution is 0.0995. The van der Waals surface area contributed by atoms with Crippen molar-refractivity contribution in [3.8, 4) is 0 Å². The fourth-order valence-corrected chi connectivity index (χ4v) is 2.34. The quantitative estimate of drug-likeness (QED) is 0.653. The van der Waals surface area contributed by atoms with Crippen LogP contribution in [0.3, 0.4) is 0 Å². The lowest BCUT2D eigenvalue weighted by Gasteiger charge is -2.13. The van der Waals surface area contributed by atoms with Crippen molar-refractivity contribution in [2.75, 3.05) is 4.90 Å². The van der Waals surface area contributed by atoms with E-state index in [9.17, 15) is 4.79 Å². The number of nitrogens with zero attached hydrogens (tertiary/aromatic N) is 5. The molecule has 4 rings (SSSR count). The van der Waals surface area contributed by atoms with E-state index in [1.54, 1.807) is 40.3 Å². The van der Waals surface area contributed by atoms with Crippen molar-refractivity contribution in [3.05, 3.63) is 54.1 Å². The second-order valence-electron chi connectivity index (χ2n) is 4.33. The largest absolute Gasteiger partial charge is 0.287 e. The molecule has 0 spiro atoms. The van der Waals surface area contributed by atoms with Crippen LogP contribution in [0.15, 0.2) is 43.0 Å². The van der Waals surface area contributed by atoms with Crippen LogP contribution in [0.2, 0.25) is 0 Å². The van der Waals surface area contributed by atoms with Gasteiger partial charge in [-0.25, -0.2) is 4.98 Å². The lowest BCUT2D eigenvalue weighted by Crippen LogP contribution is -2.24. The van der Waals surface area contributed by atoms with Crippen molar-refractivity contribution in [1.82, 2.24) is 19.6 Å². The predicted molar refractivity (Wildman–Crippen MR) is 67.7 cm³/mol. The van der Waals surface area contributed by atoms with Crippen molar-refractivity contribution in [1.29, 1.82) is 0 Å².